The molecule has 0 saturated carbocycles. The molecule has 0 saturated heterocycles. The molecular formula is C10H7ClN6O4. The molecule has 4 N–H and O–H groups in total. The summed E-state index contributed by atoms with van der Waals surface area (Å²) < 4.78 is 0. The summed E-state index contributed by atoms with van der Waals surface area (Å²) in [6, 6.07) is 6.47. The summed E-state index contributed by atoms with van der Waals surface area (Å²) in [4.78, 5) is 19.1. The molecule has 0 atom stereocenters. The van der Waals surface area contributed by atoms with Crippen molar-refractivity contribution in [2.45, 2.75) is 0 Å². The van der Waals surface area contributed by atoms with E-state index in [0.717, 1.165) is 12.1 Å². The van der Waals surface area contributed by atoms with Crippen LogP contribution < -0.4 is 11.5 Å². The monoisotopic (exact) mass is 310 g/mol. The zero-order chi connectivity index (χ0) is 16.6. The first-order valence-corrected chi connectivity index (χ1v) is 5.26. The van der Waals surface area contributed by atoms with E-state index in [-0.39, 0.29) is 11.4 Å². The molecule has 0 heterocycles. The Kier molecular flexibility index (Phi) is 6.66. The zero-order valence-electron chi connectivity index (χ0n) is 10.2. The molecule has 0 unspecified atom stereocenters. The van der Waals surface area contributed by atoms with Crippen molar-refractivity contribution in [3.8, 4) is 12.1 Å². The quantitative estimate of drug-likeness (QED) is 0.464. The highest BCUT2D eigenvalue weighted by Gasteiger charge is 2.22. The third-order valence-corrected chi connectivity index (χ3v) is 2.27. The van der Waals surface area contributed by atoms with Crippen molar-refractivity contribution in [3.63, 3.8) is 0 Å². The maximum Gasteiger partial charge on any atom is 0.294 e. The molecule has 0 radical (unpaired) electrons. The molecular weight excluding hydrogens is 304 g/mol. The number of hydrogen-bond donors (Lipinski definition) is 2. The van der Waals surface area contributed by atoms with Crippen molar-refractivity contribution in [2.75, 3.05) is 0 Å². The smallest absolute Gasteiger partial charge is 0.294 e. The lowest BCUT2D eigenvalue weighted by molar-refractivity contribution is -0.393. The number of halogens is 1. The van der Waals surface area contributed by atoms with E-state index in [4.69, 9.17) is 33.6 Å². The summed E-state index contributed by atoms with van der Waals surface area (Å²) in [5, 5.41) is 36.1. The van der Waals surface area contributed by atoms with Crippen molar-refractivity contribution >= 4 is 23.0 Å². The molecule has 108 valence electrons. The first-order chi connectivity index (χ1) is 9.76. The van der Waals surface area contributed by atoms with Gasteiger partial charge in [-0.3, -0.25) is 20.2 Å². The van der Waals surface area contributed by atoms with Crippen molar-refractivity contribution in [2.24, 2.45) is 11.5 Å². The number of allylic oxidation sites excluding steroid dienone is 2. The number of rotatable bonds is 2. The van der Waals surface area contributed by atoms with E-state index in [2.05, 4.69) is 0 Å². The summed E-state index contributed by atoms with van der Waals surface area (Å²) in [7, 11) is 0. The standard InChI is InChI=1S/C6H3ClN2O4.C4H4N4/c7-6-4(8(10)11)2-1-3-5(6)9(12)13;5-1-3(7)4(8)2-6/h1-3H;7-8H2/b;4-3-. The lowest BCUT2D eigenvalue weighted by Gasteiger charge is -1.95. The van der Waals surface area contributed by atoms with Gasteiger partial charge in [0.2, 0.25) is 0 Å². The number of hydrogen-bond acceptors (Lipinski definition) is 8. The number of benzene rings is 1. The Hall–Kier alpha value is -3.37. The Bertz CT molecular complexity index is 634. The average molecular weight is 311 g/mol. The largest absolute Gasteiger partial charge is 0.388 e. The fourth-order valence-electron chi connectivity index (χ4n) is 0.910. The van der Waals surface area contributed by atoms with Crippen molar-refractivity contribution < 1.29 is 9.85 Å². The van der Waals surface area contributed by atoms with Gasteiger partial charge in [-0.05, 0) is 6.07 Å². The van der Waals surface area contributed by atoms with Gasteiger partial charge in [0.15, 0.2) is 5.02 Å². The van der Waals surface area contributed by atoms with Crippen LogP contribution in [0.4, 0.5) is 11.4 Å². The summed E-state index contributed by atoms with van der Waals surface area (Å²) in [6.07, 6.45) is 0. The summed E-state index contributed by atoms with van der Waals surface area (Å²) in [6.45, 7) is 0. The highest BCUT2D eigenvalue weighted by molar-refractivity contribution is 6.34. The lowest BCUT2D eigenvalue weighted by Crippen LogP contribution is -2.05. The van der Waals surface area contributed by atoms with Crippen LogP contribution in [0.1, 0.15) is 0 Å². The Labute approximate surface area is 122 Å². The van der Waals surface area contributed by atoms with Gasteiger partial charge >= 0.3 is 0 Å². The van der Waals surface area contributed by atoms with Crippen LogP contribution in [0.15, 0.2) is 29.6 Å². The van der Waals surface area contributed by atoms with Gasteiger partial charge in [0, 0.05) is 12.1 Å². The Morgan fingerprint density at radius 2 is 1.38 bits per heavy atom. The van der Waals surface area contributed by atoms with E-state index >= 15 is 0 Å². The topological polar surface area (TPSA) is 186 Å². The van der Waals surface area contributed by atoms with Crippen molar-refractivity contribution in [3.05, 3.63) is 54.8 Å². The predicted molar refractivity (Wildman–Crippen MR) is 71.4 cm³/mol. The molecule has 0 aromatic heterocycles. The molecule has 0 aliphatic heterocycles. The molecule has 0 amide bonds. The normalized spacial score (nSPS) is 10.0. The van der Waals surface area contributed by atoms with E-state index < -0.39 is 26.2 Å². The van der Waals surface area contributed by atoms with Crippen LogP contribution in [0.5, 0.6) is 0 Å². The van der Waals surface area contributed by atoms with E-state index in [1.807, 2.05) is 0 Å². The molecule has 1 aromatic carbocycles. The number of nitriles is 2. The maximum atomic E-state index is 10.3. The summed E-state index contributed by atoms with van der Waals surface area (Å²) in [5.41, 5.74) is 8.41. The van der Waals surface area contributed by atoms with Crippen LogP contribution in [0.2, 0.25) is 5.02 Å². The molecule has 0 aliphatic carbocycles. The number of nitrogens with zero attached hydrogens (tertiary/aromatic N) is 4. The van der Waals surface area contributed by atoms with Crippen molar-refractivity contribution in [1.82, 2.24) is 0 Å². The highest BCUT2D eigenvalue weighted by atomic mass is 35.5. The second kappa shape index (κ2) is 7.93. The van der Waals surface area contributed by atoms with Gasteiger partial charge in [-0.25, -0.2) is 0 Å². The van der Waals surface area contributed by atoms with E-state index in [0.29, 0.717) is 0 Å². The third-order valence-electron chi connectivity index (χ3n) is 1.88. The van der Waals surface area contributed by atoms with Crippen LogP contribution in [-0.4, -0.2) is 9.85 Å². The summed E-state index contributed by atoms with van der Waals surface area (Å²) in [5.74, 6) is 0. The highest BCUT2D eigenvalue weighted by Crippen LogP contribution is 2.32. The minimum Gasteiger partial charge on any atom is -0.388 e. The molecule has 11 heteroatoms. The van der Waals surface area contributed by atoms with Crippen LogP contribution in [0.25, 0.3) is 0 Å². The van der Waals surface area contributed by atoms with Gasteiger partial charge in [0.05, 0.1) is 9.85 Å². The number of nitro benzene ring substituents is 2. The molecule has 0 aliphatic rings. The molecule has 21 heavy (non-hydrogen) atoms. The zero-order valence-corrected chi connectivity index (χ0v) is 10.9. The van der Waals surface area contributed by atoms with Gasteiger partial charge in [0.25, 0.3) is 11.4 Å². The van der Waals surface area contributed by atoms with Gasteiger partial charge in [-0.1, -0.05) is 11.6 Å². The SMILES string of the molecule is N#C/C(N)=C(/N)C#N.O=[N+]([O-])c1cccc([N+](=O)[O-])c1Cl. The minimum atomic E-state index is -0.769. The predicted octanol–water partition coefficient (Wildman–Crippen LogP) is 1.32. The second-order valence-corrected chi connectivity index (χ2v) is 3.55. The number of nitrogens with two attached hydrogens (primary N) is 2. The van der Waals surface area contributed by atoms with Crippen LogP contribution in [0, 0.1) is 42.9 Å². The second-order valence-electron chi connectivity index (χ2n) is 3.18. The van der Waals surface area contributed by atoms with E-state index in [1.165, 1.54) is 18.2 Å². The van der Waals surface area contributed by atoms with Gasteiger partial charge in [-0.2, -0.15) is 10.5 Å². The third kappa shape index (κ3) is 5.02. The lowest BCUT2D eigenvalue weighted by atomic mass is 10.3. The Morgan fingerprint density at radius 1 is 1.05 bits per heavy atom. The van der Waals surface area contributed by atoms with Gasteiger partial charge in [-0.15, -0.1) is 0 Å². The Morgan fingerprint density at radius 3 is 1.62 bits per heavy atom. The molecule has 1 aromatic rings. The van der Waals surface area contributed by atoms with E-state index in [9.17, 15) is 20.2 Å². The van der Waals surface area contributed by atoms with Crippen LogP contribution in [-0.2, 0) is 0 Å². The first-order valence-electron chi connectivity index (χ1n) is 4.89. The molecule has 1 rings (SSSR count). The minimum absolute atomic E-state index is 0.229. The molecule has 0 bridgehead atoms. The fourth-order valence-corrected chi connectivity index (χ4v) is 1.17. The van der Waals surface area contributed by atoms with Gasteiger partial charge < -0.3 is 11.5 Å². The number of nitro groups is 2. The van der Waals surface area contributed by atoms with Crippen LogP contribution >= 0.6 is 11.6 Å². The average Bonchev–Trinajstić information content (AvgIpc) is 2.45. The Balaban J connectivity index is 0.000000433. The maximum absolute atomic E-state index is 10.3. The van der Waals surface area contributed by atoms with E-state index in [1.54, 1.807) is 0 Å². The first kappa shape index (κ1) is 17.6. The molecule has 10 nitrogen and oxygen atoms in total. The summed E-state index contributed by atoms with van der Waals surface area (Å²) >= 11 is 5.42. The molecule has 0 spiro atoms. The van der Waals surface area contributed by atoms with Crippen LogP contribution in [0.3, 0.4) is 0 Å². The fraction of sp³-hybridized carbons (Fsp3) is 0. The van der Waals surface area contributed by atoms with Crippen molar-refractivity contribution in [1.29, 1.82) is 10.5 Å². The molecule has 0 fully saturated rings. The van der Waals surface area contributed by atoms with Gasteiger partial charge in [0.1, 0.15) is 23.5 Å².